The SMILES string of the molecule is N#CC1=C(N)N(c2n[nH]c(=S)s2)C2=C(C(=O)CCC2)C1c1ccc(Cl)cc1. The van der Waals surface area contributed by atoms with Crippen LogP contribution in [0, 0.1) is 15.3 Å². The van der Waals surface area contributed by atoms with E-state index in [2.05, 4.69) is 16.3 Å². The highest BCUT2D eigenvalue weighted by molar-refractivity contribution is 7.73. The number of nitrogens with one attached hydrogen (secondary N) is 1. The number of nitriles is 1. The second-order valence-corrected chi connectivity index (χ2v) is 8.34. The van der Waals surface area contributed by atoms with E-state index >= 15 is 0 Å². The molecule has 0 saturated heterocycles. The summed E-state index contributed by atoms with van der Waals surface area (Å²) in [7, 11) is 0. The number of carbonyl (C=O) groups is 1. The Hall–Kier alpha value is -2.47. The maximum absolute atomic E-state index is 12.9. The summed E-state index contributed by atoms with van der Waals surface area (Å²) in [5.74, 6) is -0.192. The van der Waals surface area contributed by atoms with Gasteiger partial charge in [0.15, 0.2) is 9.74 Å². The molecule has 1 atom stereocenters. The Morgan fingerprint density at radius 1 is 1.37 bits per heavy atom. The summed E-state index contributed by atoms with van der Waals surface area (Å²) in [6.45, 7) is 0. The molecule has 0 fully saturated rings. The molecule has 1 aromatic heterocycles. The molecule has 1 aliphatic heterocycles. The van der Waals surface area contributed by atoms with Gasteiger partial charge in [-0.3, -0.25) is 14.8 Å². The number of benzene rings is 1. The molecule has 2 aromatic rings. The van der Waals surface area contributed by atoms with Crippen molar-refractivity contribution in [3.05, 3.63) is 61.5 Å². The van der Waals surface area contributed by atoms with Gasteiger partial charge in [0.05, 0.1) is 17.6 Å². The molecule has 3 N–H and O–H groups in total. The van der Waals surface area contributed by atoms with Crippen LogP contribution in [0.5, 0.6) is 0 Å². The molecule has 1 aliphatic carbocycles. The molecule has 2 aliphatic rings. The molecule has 1 unspecified atom stereocenters. The second kappa shape index (κ2) is 6.93. The molecule has 0 saturated carbocycles. The third kappa shape index (κ3) is 2.98. The number of ketones is 1. The van der Waals surface area contributed by atoms with E-state index in [9.17, 15) is 10.1 Å². The number of aromatic nitrogens is 2. The summed E-state index contributed by atoms with van der Waals surface area (Å²) in [5, 5.41) is 17.9. The fourth-order valence-electron chi connectivity index (χ4n) is 3.61. The highest BCUT2D eigenvalue weighted by Gasteiger charge is 2.41. The van der Waals surface area contributed by atoms with Crippen molar-refractivity contribution in [1.82, 2.24) is 10.2 Å². The number of hydrogen-bond acceptors (Lipinski definition) is 7. The van der Waals surface area contributed by atoms with E-state index in [-0.39, 0.29) is 11.6 Å². The van der Waals surface area contributed by atoms with E-state index in [0.717, 1.165) is 17.7 Å². The highest BCUT2D eigenvalue weighted by Crippen LogP contribution is 2.46. The lowest BCUT2D eigenvalue weighted by atomic mass is 9.76. The molecule has 1 aromatic carbocycles. The molecule has 0 bridgehead atoms. The predicted octanol–water partition coefficient (Wildman–Crippen LogP) is 4.16. The first-order chi connectivity index (χ1) is 13.0. The fraction of sp³-hybridized carbons (Fsp3) is 0.222. The normalized spacial score (nSPS) is 19.9. The Bertz CT molecular complexity index is 1090. The van der Waals surface area contributed by atoms with Gasteiger partial charge in [0, 0.05) is 22.7 Å². The van der Waals surface area contributed by atoms with E-state index in [0.29, 0.717) is 38.1 Å². The fourth-order valence-corrected chi connectivity index (χ4v) is 4.65. The summed E-state index contributed by atoms with van der Waals surface area (Å²) in [6.07, 6.45) is 1.86. The summed E-state index contributed by atoms with van der Waals surface area (Å²) in [5.41, 5.74) is 8.96. The Morgan fingerprint density at radius 3 is 2.74 bits per heavy atom. The lowest BCUT2D eigenvalue weighted by Gasteiger charge is -2.38. The summed E-state index contributed by atoms with van der Waals surface area (Å²) >= 11 is 12.4. The zero-order valence-electron chi connectivity index (χ0n) is 14.0. The molecule has 136 valence electrons. The van der Waals surface area contributed by atoms with Crippen LogP contribution < -0.4 is 10.6 Å². The van der Waals surface area contributed by atoms with E-state index in [1.54, 1.807) is 17.0 Å². The summed E-state index contributed by atoms with van der Waals surface area (Å²) < 4.78 is 0.500. The van der Waals surface area contributed by atoms with E-state index in [1.165, 1.54) is 11.3 Å². The summed E-state index contributed by atoms with van der Waals surface area (Å²) in [6, 6.07) is 9.38. The number of hydrogen-bond donors (Lipinski definition) is 2. The van der Waals surface area contributed by atoms with Crippen LogP contribution in [0.2, 0.25) is 5.02 Å². The summed E-state index contributed by atoms with van der Waals surface area (Å²) in [4.78, 5) is 14.6. The van der Waals surface area contributed by atoms with Crippen LogP contribution in [-0.4, -0.2) is 16.0 Å². The predicted molar refractivity (Wildman–Crippen MR) is 107 cm³/mol. The van der Waals surface area contributed by atoms with Gasteiger partial charge >= 0.3 is 0 Å². The monoisotopic (exact) mass is 415 g/mol. The van der Waals surface area contributed by atoms with Crippen LogP contribution in [0.1, 0.15) is 30.7 Å². The Kier molecular flexibility index (Phi) is 4.60. The molecule has 2 heterocycles. The first-order valence-electron chi connectivity index (χ1n) is 8.28. The zero-order chi connectivity index (χ0) is 19.1. The molecule has 0 spiro atoms. The minimum atomic E-state index is -0.502. The van der Waals surface area contributed by atoms with Crippen LogP contribution in [-0.2, 0) is 4.79 Å². The second-order valence-electron chi connectivity index (χ2n) is 6.26. The van der Waals surface area contributed by atoms with Crippen LogP contribution in [0.4, 0.5) is 5.13 Å². The number of halogens is 1. The van der Waals surface area contributed by atoms with Crippen LogP contribution in [0.3, 0.4) is 0 Å². The maximum atomic E-state index is 12.9. The first-order valence-corrected chi connectivity index (χ1v) is 9.88. The van der Waals surface area contributed by atoms with Crippen molar-refractivity contribution in [3.63, 3.8) is 0 Å². The highest BCUT2D eigenvalue weighted by atomic mass is 35.5. The smallest absolute Gasteiger partial charge is 0.216 e. The zero-order valence-corrected chi connectivity index (χ0v) is 16.4. The molecule has 4 rings (SSSR count). The lowest BCUT2D eigenvalue weighted by molar-refractivity contribution is -0.116. The molecule has 27 heavy (non-hydrogen) atoms. The van der Waals surface area contributed by atoms with Gasteiger partial charge in [0.25, 0.3) is 0 Å². The van der Waals surface area contributed by atoms with Crippen molar-refractivity contribution in [2.75, 3.05) is 4.90 Å². The first kappa shape index (κ1) is 17.9. The molecule has 9 heteroatoms. The van der Waals surface area contributed by atoms with Crippen molar-refractivity contribution in [1.29, 1.82) is 5.26 Å². The van der Waals surface area contributed by atoms with Crippen LogP contribution in [0.15, 0.2) is 46.9 Å². The van der Waals surface area contributed by atoms with E-state index in [4.69, 9.17) is 29.6 Å². The average Bonchev–Trinajstić information content (AvgIpc) is 3.07. The molecular formula is C18H14ClN5OS2. The van der Waals surface area contributed by atoms with Crippen molar-refractivity contribution in [3.8, 4) is 6.07 Å². The number of allylic oxidation sites excluding steroid dienone is 3. The number of nitrogens with zero attached hydrogens (tertiary/aromatic N) is 3. The van der Waals surface area contributed by atoms with E-state index in [1.807, 2.05) is 12.1 Å². The number of anilines is 1. The third-order valence-electron chi connectivity index (χ3n) is 4.73. The molecule has 0 radical (unpaired) electrons. The topological polar surface area (TPSA) is 98.8 Å². The van der Waals surface area contributed by atoms with E-state index < -0.39 is 5.92 Å². The van der Waals surface area contributed by atoms with Crippen molar-refractivity contribution in [2.24, 2.45) is 5.73 Å². The minimum absolute atomic E-state index is 0.0283. The van der Waals surface area contributed by atoms with Gasteiger partial charge in [-0.1, -0.05) is 35.1 Å². The van der Waals surface area contributed by atoms with Gasteiger partial charge in [0.2, 0.25) is 5.13 Å². The largest absolute Gasteiger partial charge is 0.384 e. The minimum Gasteiger partial charge on any atom is -0.384 e. The molecule has 0 amide bonds. The Labute approximate surface area is 169 Å². The van der Waals surface area contributed by atoms with Gasteiger partial charge in [-0.2, -0.15) is 5.26 Å². The number of aromatic amines is 1. The van der Waals surface area contributed by atoms with Crippen molar-refractivity contribution < 1.29 is 4.79 Å². The number of rotatable bonds is 2. The number of carbonyl (C=O) groups excluding carboxylic acids is 1. The average molecular weight is 416 g/mol. The molecule has 6 nitrogen and oxygen atoms in total. The molecular weight excluding hydrogens is 402 g/mol. The van der Waals surface area contributed by atoms with Crippen LogP contribution in [0.25, 0.3) is 0 Å². The van der Waals surface area contributed by atoms with Gasteiger partial charge < -0.3 is 5.73 Å². The lowest BCUT2D eigenvalue weighted by Crippen LogP contribution is -2.38. The number of nitrogens with two attached hydrogens (primary N) is 1. The van der Waals surface area contributed by atoms with Crippen molar-refractivity contribution in [2.45, 2.75) is 25.2 Å². The van der Waals surface area contributed by atoms with Gasteiger partial charge in [-0.15, -0.1) is 5.10 Å². The Balaban J connectivity index is 1.97. The van der Waals surface area contributed by atoms with Gasteiger partial charge in [-0.05, 0) is 42.8 Å². The van der Waals surface area contributed by atoms with Gasteiger partial charge in [-0.25, -0.2) is 0 Å². The maximum Gasteiger partial charge on any atom is 0.216 e. The van der Waals surface area contributed by atoms with Crippen LogP contribution >= 0.6 is 35.2 Å². The van der Waals surface area contributed by atoms with Crippen molar-refractivity contribution >= 4 is 46.1 Å². The quantitative estimate of drug-likeness (QED) is 0.714. The number of H-pyrrole nitrogens is 1. The third-order valence-corrected chi connectivity index (χ3v) is 6.06. The Morgan fingerprint density at radius 2 is 2.11 bits per heavy atom. The number of Topliss-reactive ketones (excluding diaryl/α,β-unsaturated/α-hetero) is 1. The standard InChI is InChI=1S/C18H14ClN5OS2/c19-10-6-4-9(5-7-10)14-11(8-20)16(21)24(17-22-23-18(26)27-17)12-2-1-3-13(25)15(12)14/h4-7,14H,1-3,21H2,(H,23,26). The van der Waals surface area contributed by atoms with Gasteiger partial charge in [0.1, 0.15) is 5.82 Å².